The topological polar surface area (TPSA) is 45.2 Å². The quantitative estimate of drug-likeness (QED) is 0.700. The number of hydrogen-bond donors (Lipinski definition) is 1. The molecule has 2 aromatic carbocycles. The first-order valence-electron chi connectivity index (χ1n) is 9.68. The largest absolute Gasteiger partial charge is 0.325 e. The highest BCUT2D eigenvalue weighted by atomic mass is 32.1. The van der Waals surface area contributed by atoms with Gasteiger partial charge in [0.15, 0.2) is 0 Å². The molecule has 1 aliphatic heterocycles. The normalized spacial score (nSPS) is 15.9. The first-order chi connectivity index (χ1) is 13.2. The number of amides is 1. The molecule has 2 heterocycles. The van der Waals surface area contributed by atoms with E-state index in [0.717, 1.165) is 43.6 Å². The van der Waals surface area contributed by atoms with Gasteiger partial charge in [-0.15, -0.1) is 11.3 Å². The monoisotopic (exact) mass is 379 g/mol. The third-order valence-electron chi connectivity index (χ3n) is 5.29. The van der Waals surface area contributed by atoms with Gasteiger partial charge < -0.3 is 5.32 Å². The van der Waals surface area contributed by atoms with E-state index in [0.29, 0.717) is 12.5 Å². The van der Waals surface area contributed by atoms with Crippen LogP contribution >= 0.6 is 11.3 Å². The fourth-order valence-corrected chi connectivity index (χ4v) is 4.88. The Bertz CT molecular complexity index is 895. The van der Waals surface area contributed by atoms with Crippen molar-refractivity contribution >= 4 is 33.1 Å². The van der Waals surface area contributed by atoms with E-state index in [4.69, 9.17) is 4.98 Å². The van der Waals surface area contributed by atoms with Crippen LogP contribution in [0.1, 0.15) is 36.3 Å². The predicted molar refractivity (Wildman–Crippen MR) is 112 cm³/mol. The first kappa shape index (κ1) is 18.1. The predicted octanol–water partition coefficient (Wildman–Crippen LogP) is 4.68. The number of piperidine rings is 1. The molecule has 0 bridgehead atoms. The van der Waals surface area contributed by atoms with Gasteiger partial charge in [0, 0.05) is 11.6 Å². The Morgan fingerprint density at radius 2 is 1.89 bits per heavy atom. The maximum absolute atomic E-state index is 12.5. The molecule has 1 saturated heterocycles. The molecule has 3 aromatic rings. The molecule has 0 spiro atoms. The molecule has 1 aliphatic rings. The van der Waals surface area contributed by atoms with Gasteiger partial charge in [-0.25, -0.2) is 4.98 Å². The molecule has 1 amide bonds. The van der Waals surface area contributed by atoms with E-state index in [1.54, 1.807) is 0 Å². The average molecular weight is 380 g/mol. The molecule has 0 saturated carbocycles. The van der Waals surface area contributed by atoms with E-state index in [9.17, 15) is 4.79 Å². The number of anilines is 1. The lowest BCUT2D eigenvalue weighted by Gasteiger charge is -2.30. The van der Waals surface area contributed by atoms with Gasteiger partial charge in [-0.05, 0) is 56.1 Å². The summed E-state index contributed by atoms with van der Waals surface area (Å²) in [6, 6.07) is 16.4. The van der Waals surface area contributed by atoms with Crippen LogP contribution < -0.4 is 5.32 Å². The zero-order chi connectivity index (χ0) is 18.6. The zero-order valence-electron chi connectivity index (χ0n) is 15.6. The van der Waals surface area contributed by atoms with Crippen molar-refractivity contribution in [3.63, 3.8) is 0 Å². The molecule has 27 heavy (non-hydrogen) atoms. The minimum Gasteiger partial charge on any atom is -0.325 e. The molecule has 0 aliphatic carbocycles. The van der Waals surface area contributed by atoms with Crippen molar-refractivity contribution in [3.8, 4) is 0 Å². The number of hydrogen-bond acceptors (Lipinski definition) is 4. The van der Waals surface area contributed by atoms with Gasteiger partial charge in [-0.1, -0.05) is 37.3 Å². The van der Waals surface area contributed by atoms with E-state index in [2.05, 4.69) is 41.4 Å². The van der Waals surface area contributed by atoms with E-state index in [-0.39, 0.29) is 5.91 Å². The molecule has 1 fully saturated rings. The van der Waals surface area contributed by atoms with Gasteiger partial charge in [0.1, 0.15) is 0 Å². The third-order valence-corrected chi connectivity index (χ3v) is 6.49. The SMILES string of the molecule is CCc1ccccc1NC(=O)CN1CCC(c2nc3ccccc3s2)CC1. The maximum atomic E-state index is 12.5. The molecule has 5 heteroatoms. The summed E-state index contributed by atoms with van der Waals surface area (Å²) >= 11 is 1.82. The minimum absolute atomic E-state index is 0.0781. The molecule has 0 radical (unpaired) electrons. The third kappa shape index (κ3) is 4.20. The maximum Gasteiger partial charge on any atom is 0.238 e. The number of nitrogens with one attached hydrogen (secondary N) is 1. The second-order valence-electron chi connectivity index (χ2n) is 7.13. The van der Waals surface area contributed by atoms with Crippen LogP contribution in [0.15, 0.2) is 48.5 Å². The molecule has 1 aromatic heterocycles. The van der Waals surface area contributed by atoms with Crippen molar-refractivity contribution in [2.45, 2.75) is 32.1 Å². The van der Waals surface area contributed by atoms with Gasteiger partial charge in [0.25, 0.3) is 0 Å². The molecular weight excluding hydrogens is 354 g/mol. The lowest BCUT2D eigenvalue weighted by Crippen LogP contribution is -2.38. The number of fused-ring (bicyclic) bond motifs is 1. The smallest absolute Gasteiger partial charge is 0.238 e. The standard InChI is InChI=1S/C22H25N3OS/c1-2-16-7-3-4-8-18(16)23-21(26)15-25-13-11-17(12-14-25)22-24-19-9-5-6-10-20(19)27-22/h3-10,17H,2,11-15H2,1H3,(H,23,26). The lowest BCUT2D eigenvalue weighted by atomic mass is 9.97. The fraction of sp³-hybridized carbons (Fsp3) is 0.364. The van der Waals surface area contributed by atoms with Gasteiger partial charge in [0.05, 0.1) is 21.8 Å². The Balaban J connectivity index is 1.32. The van der Waals surface area contributed by atoms with Crippen LogP contribution in [0.3, 0.4) is 0 Å². The average Bonchev–Trinajstić information content (AvgIpc) is 3.13. The van der Waals surface area contributed by atoms with Gasteiger partial charge in [-0.3, -0.25) is 9.69 Å². The van der Waals surface area contributed by atoms with Crippen molar-refractivity contribution in [3.05, 3.63) is 59.1 Å². The summed E-state index contributed by atoms with van der Waals surface area (Å²) in [5, 5.41) is 4.33. The van der Waals surface area contributed by atoms with Crippen molar-refractivity contribution in [1.29, 1.82) is 0 Å². The zero-order valence-corrected chi connectivity index (χ0v) is 16.5. The highest BCUT2D eigenvalue weighted by Crippen LogP contribution is 2.33. The summed E-state index contributed by atoms with van der Waals surface area (Å²) in [5.41, 5.74) is 3.23. The minimum atomic E-state index is 0.0781. The summed E-state index contributed by atoms with van der Waals surface area (Å²) in [4.78, 5) is 19.5. The second-order valence-corrected chi connectivity index (χ2v) is 8.19. The molecular formula is C22H25N3OS. The molecule has 0 atom stereocenters. The number of carbonyl (C=O) groups is 1. The highest BCUT2D eigenvalue weighted by Gasteiger charge is 2.24. The van der Waals surface area contributed by atoms with E-state index >= 15 is 0 Å². The summed E-state index contributed by atoms with van der Waals surface area (Å²) in [7, 11) is 0. The van der Waals surface area contributed by atoms with Crippen LogP contribution in [0.5, 0.6) is 0 Å². The van der Waals surface area contributed by atoms with Gasteiger partial charge in [0.2, 0.25) is 5.91 Å². The van der Waals surface area contributed by atoms with E-state index < -0.39 is 0 Å². The number of aromatic nitrogens is 1. The Labute approximate surface area is 164 Å². The molecule has 0 unspecified atom stereocenters. The summed E-state index contributed by atoms with van der Waals surface area (Å²) in [6.45, 7) is 4.47. The van der Waals surface area contributed by atoms with Crippen LogP contribution in [0.2, 0.25) is 0 Å². The number of nitrogens with zero attached hydrogens (tertiary/aromatic N) is 2. The number of carbonyl (C=O) groups excluding carboxylic acids is 1. The summed E-state index contributed by atoms with van der Waals surface area (Å²) < 4.78 is 1.27. The number of rotatable bonds is 5. The molecule has 140 valence electrons. The van der Waals surface area contributed by atoms with Gasteiger partial charge in [-0.2, -0.15) is 0 Å². The fourth-order valence-electron chi connectivity index (χ4n) is 3.75. The molecule has 4 nitrogen and oxygen atoms in total. The Morgan fingerprint density at radius 3 is 2.67 bits per heavy atom. The van der Waals surface area contributed by atoms with Crippen LogP contribution in [-0.2, 0) is 11.2 Å². The summed E-state index contributed by atoms with van der Waals surface area (Å²) in [6.07, 6.45) is 3.06. The lowest BCUT2D eigenvalue weighted by molar-refractivity contribution is -0.117. The summed E-state index contributed by atoms with van der Waals surface area (Å²) in [5.74, 6) is 0.594. The van der Waals surface area contributed by atoms with Gasteiger partial charge >= 0.3 is 0 Å². The first-order valence-corrected chi connectivity index (χ1v) is 10.5. The van der Waals surface area contributed by atoms with Crippen LogP contribution in [0, 0.1) is 0 Å². The van der Waals surface area contributed by atoms with Crippen molar-refractivity contribution < 1.29 is 4.79 Å². The van der Waals surface area contributed by atoms with Crippen molar-refractivity contribution in [2.24, 2.45) is 0 Å². The van der Waals surface area contributed by atoms with Crippen LogP contribution in [-0.4, -0.2) is 35.4 Å². The highest BCUT2D eigenvalue weighted by molar-refractivity contribution is 7.18. The van der Waals surface area contributed by atoms with E-state index in [1.165, 1.54) is 15.3 Å². The number of aryl methyl sites for hydroxylation is 1. The van der Waals surface area contributed by atoms with Crippen LogP contribution in [0.25, 0.3) is 10.2 Å². The number of benzene rings is 2. The number of thiazole rings is 1. The molecule has 4 rings (SSSR count). The number of para-hydroxylation sites is 2. The van der Waals surface area contributed by atoms with Crippen molar-refractivity contribution in [1.82, 2.24) is 9.88 Å². The number of likely N-dealkylation sites (tertiary alicyclic amines) is 1. The second kappa shape index (κ2) is 8.19. The van der Waals surface area contributed by atoms with Crippen molar-refractivity contribution in [2.75, 3.05) is 25.0 Å². The Morgan fingerprint density at radius 1 is 1.15 bits per heavy atom. The Hall–Kier alpha value is -2.24. The molecule has 1 N–H and O–H groups in total. The van der Waals surface area contributed by atoms with Crippen LogP contribution in [0.4, 0.5) is 5.69 Å². The van der Waals surface area contributed by atoms with E-state index in [1.807, 2.05) is 35.6 Å². The Kier molecular flexibility index (Phi) is 5.50.